The molecule has 1 amide bonds. The van der Waals surface area contributed by atoms with Crippen molar-refractivity contribution in [2.45, 2.75) is 0 Å². The highest BCUT2D eigenvalue weighted by Crippen LogP contribution is 2.32. The Balaban J connectivity index is 1.59. The van der Waals surface area contributed by atoms with Gasteiger partial charge >= 0.3 is 5.69 Å². The van der Waals surface area contributed by atoms with Gasteiger partial charge in [-0.1, -0.05) is 0 Å². The second-order valence-electron chi connectivity index (χ2n) is 6.65. The van der Waals surface area contributed by atoms with E-state index in [1.165, 1.54) is 25.3 Å². The number of rotatable bonds is 6. The average molecular weight is 498 g/mol. The molecule has 162 valence electrons. The molecule has 1 aromatic heterocycles. The van der Waals surface area contributed by atoms with Crippen LogP contribution in [0.25, 0.3) is 22.6 Å². The Hall–Kier alpha value is -3.92. The maximum Gasteiger partial charge on any atom is 0.311 e. The minimum atomic E-state index is -0.601. The first-order valence-electron chi connectivity index (χ1n) is 9.28. The summed E-state index contributed by atoms with van der Waals surface area (Å²) in [5, 5.41) is 13.9. The Morgan fingerprint density at radius 2 is 1.81 bits per heavy atom. The number of nitro groups is 1. The van der Waals surface area contributed by atoms with E-state index in [4.69, 9.17) is 13.9 Å². The highest BCUT2D eigenvalue weighted by molar-refractivity contribution is 9.10. The molecule has 0 fully saturated rings. The van der Waals surface area contributed by atoms with Crippen LogP contribution in [0.15, 0.2) is 63.5 Å². The number of carbonyl (C=O) groups excluding carboxylic acids is 1. The quantitative estimate of drug-likeness (QED) is 0.278. The zero-order valence-electron chi connectivity index (χ0n) is 16.9. The van der Waals surface area contributed by atoms with Crippen LogP contribution in [-0.2, 0) is 0 Å². The molecular weight excluding hydrogens is 482 g/mol. The van der Waals surface area contributed by atoms with E-state index in [0.29, 0.717) is 28.4 Å². The van der Waals surface area contributed by atoms with E-state index in [9.17, 15) is 14.9 Å². The fourth-order valence-electron chi connectivity index (χ4n) is 3.11. The average Bonchev–Trinajstić information content (AvgIpc) is 3.22. The second kappa shape index (κ2) is 8.67. The molecule has 1 heterocycles. The van der Waals surface area contributed by atoms with E-state index in [2.05, 4.69) is 26.2 Å². The van der Waals surface area contributed by atoms with Crippen molar-refractivity contribution in [3.05, 3.63) is 74.7 Å². The minimum absolute atomic E-state index is 0.0771. The van der Waals surface area contributed by atoms with Gasteiger partial charge in [0, 0.05) is 22.9 Å². The molecule has 4 rings (SSSR count). The van der Waals surface area contributed by atoms with Gasteiger partial charge in [-0.25, -0.2) is 4.98 Å². The van der Waals surface area contributed by atoms with Gasteiger partial charge in [-0.3, -0.25) is 14.9 Å². The predicted molar refractivity (Wildman–Crippen MR) is 121 cm³/mol. The summed E-state index contributed by atoms with van der Waals surface area (Å²) in [6.45, 7) is 0. The molecule has 0 atom stereocenters. The first-order chi connectivity index (χ1) is 15.4. The summed E-state index contributed by atoms with van der Waals surface area (Å²) in [4.78, 5) is 27.7. The van der Waals surface area contributed by atoms with Crippen LogP contribution in [0.4, 0.5) is 11.4 Å². The molecule has 0 unspecified atom stereocenters. The van der Waals surface area contributed by atoms with Crippen LogP contribution in [0.2, 0.25) is 0 Å². The van der Waals surface area contributed by atoms with Gasteiger partial charge in [0.1, 0.15) is 11.3 Å². The maximum absolute atomic E-state index is 12.6. The number of nitrogens with zero attached hydrogens (tertiary/aromatic N) is 2. The normalized spacial score (nSPS) is 10.7. The zero-order valence-corrected chi connectivity index (χ0v) is 18.5. The third-order valence-electron chi connectivity index (χ3n) is 4.68. The van der Waals surface area contributed by atoms with Crippen molar-refractivity contribution in [3.8, 4) is 23.0 Å². The maximum atomic E-state index is 12.6. The van der Waals surface area contributed by atoms with Crippen molar-refractivity contribution in [1.82, 2.24) is 4.98 Å². The molecule has 10 heteroatoms. The third kappa shape index (κ3) is 4.12. The van der Waals surface area contributed by atoms with Gasteiger partial charge < -0.3 is 19.2 Å². The van der Waals surface area contributed by atoms with Gasteiger partial charge in [0.05, 0.1) is 23.6 Å². The molecular formula is C22H16BrN3O6. The van der Waals surface area contributed by atoms with Crippen LogP contribution in [0.5, 0.6) is 11.5 Å². The smallest absolute Gasteiger partial charge is 0.311 e. The summed E-state index contributed by atoms with van der Waals surface area (Å²) < 4.78 is 16.8. The molecule has 0 saturated carbocycles. The van der Waals surface area contributed by atoms with Crippen molar-refractivity contribution < 1.29 is 23.6 Å². The van der Waals surface area contributed by atoms with Gasteiger partial charge in [0.2, 0.25) is 5.89 Å². The van der Waals surface area contributed by atoms with Gasteiger partial charge in [-0.05, 0) is 64.5 Å². The summed E-state index contributed by atoms with van der Waals surface area (Å²) in [6.07, 6.45) is 0. The lowest BCUT2D eigenvalue weighted by Gasteiger charge is -2.06. The summed E-state index contributed by atoms with van der Waals surface area (Å²) in [5.74, 6) is 0.678. The molecule has 0 aliphatic heterocycles. The molecule has 0 saturated heterocycles. The van der Waals surface area contributed by atoms with E-state index in [1.54, 1.807) is 31.4 Å². The van der Waals surface area contributed by atoms with Crippen molar-refractivity contribution in [1.29, 1.82) is 0 Å². The fourth-order valence-corrected chi connectivity index (χ4v) is 3.65. The molecule has 4 aromatic rings. The number of halogens is 1. The predicted octanol–water partition coefficient (Wildman–Crippen LogP) is 5.44. The summed E-state index contributed by atoms with van der Waals surface area (Å²) >= 11 is 3.44. The van der Waals surface area contributed by atoms with Gasteiger partial charge in [0.15, 0.2) is 11.3 Å². The molecule has 32 heavy (non-hydrogen) atoms. The third-order valence-corrected chi connectivity index (χ3v) is 5.30. The number of benzene rings is 3. The first-order valence-corrected chi connectivity index (χ1v) is 10.1. The molecule has 0 aliphatic carbocycles. The van der Waals surface area contributed by atoms with Crippen LogP contribution in [0.1, 0.15) is 10.4 Å². The van der Waals surface area contributed by atoms with Crippen molar-refractivity contribution in [2.75, 3.05) is 19.5 Å². The first kappa shape index (κ1) is 21.3. The van der Waals surface area contributed by atoms with E-state index in [-0.39, 0.29) is 17.0 Å². The number of fused-ring (bicyclic) bond motifs is 1. The number of hydrogen-bond donors (Lipinski definition) is 1. The van der Waals surface area contributed by atoms with E-state index < -0.39 is 10.8 Å². The van der Waals surface area contributed by atoms with E-state index in [0.717, 1.165) is 10.0 Å². The number of carbonyl (C=O) groups is 1. The number of nitrogens with one attached hydrogen (secondary N) is 1. The monoisotopic (exact) mass is 497 g/mol. The van der Waals surface area contributed by atoms with Crippen molar-refractivity contribution >= 4 is 44.3 Å². The lowest BCUT2D eigenvalue weighted by molar-refractivity contribution is -0.385. The fraction of sp³-hybridized carbons (Fsp3) is 0.0909. The zero-order chi connectivity index (χ0) is 22.8. The topological polar surface area (TPSA) is 117 Å². The van der Waals surface area contributed by atoms with Crippen molar-refractivity contribution in [2.24, 2.45) is 0 Å². The summed E-state index contributed by atoms with van der Waals surface area (Å²) in [7, 11) is 2.91. The number of ether oxygens (including phenoxy) is 2. The van der Waals surface area contributed by atoms with Gasteiger partial charge in [-0.2, -0.15) is 0 Å². The van der Waals surface area contributed by atoms with Crippen LogP contribution in [0, 0.1) is 10.1 Å². The summed E-state index contributed by atoms with van der Waals surface area (Å²) in [5.41, 5.74) is 2.15. The molecule has 3 aromatic carbocycles. The molecule has 1 N–H and O–H groups in total. The number of aromatic nitrogens is 1. The number of oxazole rings is 1. The van der Waals surface area contributed by atoms with E-state index in [1.807, 2.05) is 12.1 Å². The highest BCUT2D eigenvalue weighted by atomic mass is 79.9. The minimum Gasteiger partial charge on any atom is -0.496 e. The Kier molecular flexibility index (Phi) is 5.78. The molecule has 0 aliphatic rings. The van der Waals surface area contributed by atoms with Crippen molar-refractivity contribution in [3.63, 3.8) is 0 Å². The molecule has 9 nitrogen and oxygen atoms in total. The summed E-state index contributed by atoms with van der Waals surface area (Å²) in [6, 6.07) is 14.5. The number of anilines is 1. The van der Waals surface area contributed by atoms with E-state index >= 15 is 0 Å². The lowest BCUT2D eigenvalue weighted by atomic mass is 10.1. The van der Waals surface area contributed by atoms with Gasteiger partial charge in [-0.15, -0.1) is 0 Å². The number of methoxy groups -OCH3 is 2. The molecule has 0 spiro atoms. The molecule has 0 radical (unpaired) electrons. The van der Waals surface area contributed by atoms with Crippen LogP contribution < -0.4 is 14.8 Å². The molecule has 0 bridgehead atoms. The Morgan fingerprint density at radius 3 is 2.50 bits per heavy atom. The number of nitro benzene ring substituents is 1. The van der Waals surface area contributed by atoms with Crippen LogP contribution in [-0.4, -0.2) is 30.0 Å². The Morgan fingerprint density at radius 1 is 1.06 bits per heavy atom. The number of amides is 1. The number of hydrogen-bond acceptors (Lipinski definition) is 7. The Bertz CT molecular complexity index is 1350. The SMILES string of the molecule is COc1ccc(-c2nc3cc(NC(=O)c4ccc(OC)c([N+](=O)[O-])c4)ccc3o2)cc1Br. The second-order valence-corrected chi connectivity index (χ2v) is 7.50. The lowest BCUT2D eigenvalue weighted by Crippen LogP contribution is -2.12. The van der Waals surface area contributed by atoms with Gasteiger partial charge in [0.25, 0.3) is 5.91 Å². The van der Waals surface area contributed by atoms with Crippen LogP contribution >= 0.6 is 15.9 Å². The van der Waals surface area contributed by atoms with Crippen LogP contribution in [0.3, 0.4) is 0 Å². The highest BCUT2D eigenvalue weighted by Gasteiger charge is 2.19. The largest absolute Gasteiger partial charge is 0.496 e. The Labute approximate surface area is 190 Å². The standard InChI is InChI=1S/C22H16BrN3O6/c1-30-18-6-4-13(9-15(18)23)22-25-16-11-14(5-8-19(16)32-22)24-21(27)12-3-7-20(31-2)17(10-12)26(28)29/h3-11H,1-2H3,(H,24,27).